The molecule has 0 radical (unpaired) electrons. The molecule has 1 saturated heterocycles. The number of hydrogen-bond donors (Lipinski definition) is 2. The summed E-state index contributed by atoms with van der Waals surface area (Å²) in [6.07, 6.45) is 0. The van der Waals surface area contributed by atoms with E-state index in [0.717, 1.165) is 33.9 Å². The van der Waals surface area contributed by atoms with Crippen LogP contribution in [0.5, 0.6) is 0 Å². The van der Waals surface area contributed by atoms with Crippen LogP contribution >= 0.6 is 11.8 Å². The van der Waals surface area contributed by atoms with E-state index < -0.39 is 0 Å². The summed E-state index contributed by atoms with van der Waals surface area (Å²) in [6, 6.07) is 9.67. The molecule has 2 aromatic rings. The van der Waals surface area contributed by atoms with Gasteiger partial charge in [-0.1, -0.05) is 18.2 Å². The molecule has 0 aliphatic carbocycles. The molecular formula is C14H15N3OS. The van der Waals surface area contributed by atoms with Crippen LogP contribution in [0.4, 0.5) is 5.69 Å². The van der Waals surface area contributed by atoms with E-state index in [1.165, 1.54) is 0 Å². The third-order valence-corrected chi connectivity index (χ3v) is 4.07. The number of pyridine rings is 1. The Hall–Kier alpha value is -1.59. The van der Waals surface area contributed by atoms with Crippen molar-refractivity contribution in [2.45, 2.75) is 13.0 Å². The SMILES string of the molecule is Cc1cc(NC(=O)C2CSCN2)c2ccccc2n1. The molecule has 0 bridgehead atoms. The predicted octanol–water partition coefficient (Wildman–Crippen LogP) is 2.14. The molecule has 2 N–H and O–H groups in total. The molecule has 4 nitrogen and oxygen atoms in total. The van der Waals surface area contributed by atoms with Crippen LogP contribution in [0.15, 0.2) is 30.3 Å². The van der Waals surface area contributed by atoms with Crippen molar-refractivity contribution >= 4 is 34.3 Å². The highest BCUT2D eigenvalue weighted by Gasteiger charge is 2.22. The second kappa shape index (κ2) is 5.19. The first-order chi connectivity index (χ1) is 9.24. The number of para-hydroxylation sites is 1. The van der Waals surface area contributed by atoms with Crippen LogP contribution in [0.1, 0.15) is 5.69 Å². The van der Waals surface area contributed by atoms with Gasteiger partial charge in [0.15, 0.2) is 0 Å². The van der Waals surface area contributed by atoms with Crippen molar-refractivity contribution in [2.24, 2.45) is 0 Å². The normalized spacial score (nSPS) is 18.7. The largest absolute Gasteiger partial charge is 0.324 e. The lowest BCUT2D eigenvalue weighted by Crippen LogP contribution is -2.37. The molecular weight excluding hydrogens is 258 g/mol. The number of aromatic nitrogens is 1. The highest BCUT2D eigenvalue weighted by atomic mass is 32.2. The van der Waals surface area contributed by atoms with Crippen LogP contribution in [0.3, 0.4) is 0 Å². The van der Waals surface area contributed by atoms with Gasteiger partial charge in [0.2, 0.25) is 5.91 Å². The fourth-order valence-electron chi connectivity index (χ4n) is 2.19. The lowest BCUT2D eigenvalue weighted by molar-refractivity contribution is -0.117. The van der Waals surface area contributed by atoms with Gasteiger partial charge in [-0.15, -0.1) is 11.8 Å². The van der Waals surface area contributed by atoms with Crippen molar-refractivity contribution in [3.05, 3.63) is 36.0 Å². The Balaban J connectivity index is 1.93. The number of carbonyl (C=O) groups excluding carboxylic acids is 1. The second-order valence-electron chi connectivity index (χ2n) is 4.59. The van der Waals surface area contributed by atoms with E-state index in [-0.39, 0.29) is 11.9 Å². The zero-order chi connectivity index (χ0) is 13.2. The summed E-state index contributed by atoms with van der Waals surface area (Å²) in [7, 11) is 0. The first kappa shape index (κ1) is 12.4. The van der Waals surface area contributed by atoms with Crippen molar-refractivity contribution in [3.8, 4) is 0 Å². The number of rotatable bonds is 2. The topological polar surface area (TPSA) is 54.0 Å². The lowest BCUT2D eigenvalue weighted by Gasteiger charge is -2.13. The van der Waals surface area contributed by atoms with Crippen LogP contribution in [0.25, 0.3) is 10.9 Å². The van der Waals surface area contributed by atoms with Crippen LogP contribution in [-0.4, -0.2) is 28.6 Å². The quantitative estimate of drug-likeness (QED) is 0.880. The zero-order valence-electron chi connectivity index (χ0n) is 10.6. The first-order valence-electron chi connectivity index (χ1n) is 6.22. The van der Waals surface area contributed by atoms with Gasteiger partial charge in [0.25, 0.3) is 0 Å². The Morgan fingerprint density at radius 3 is 3.11 bits per heavy atom. The predicted molar refractivity (Wildman–Crippen MR) is 79.4 cm³/mol. The van der Waals surface area contributed by atoms with E-state index in [4.69, 9.17) is 0 Å². The molecule has 1 aromatic heterocycles. The van der Waals surface area contributed by atoms with E-state index >= 15 is 0 Å². The van der Waals surface area contributed by atoms with Gasteiger partial charge in [0.05, 0.1) is 17.2 Å². The van der Waals surface area contributed by atoms with Gasteiger partial charge in [-0.05, 0) is 19.1 Å². The average molecular weight is 273 g/mol. The number of aryl methyl sites for hydroxylation is 1. The third-order valence-electron chi connectivity index (χ3n) is 3.13. The number of fused-ring (bicyclic) bond motifs is 1. The maximum atomic E-state index is 12.2. The molecule has 1 unspecified atom stereocenters. The maximum Gasteiger partial charge on any atom is 0.242 e. The molecule has 0 saturated carbocycles. The molecule has 1 fully saturated rings. The molecule has 1 aliphatic heterocycles. The van der Waals surface area contributed by atoms with Gasteiger partial charge in [-0.2, -0.15) is 0 Å². The molecule has 19 heavy (non-hydrogen) atoms. The monoisotopic (exact) mass is 273 g/mol. The number of nitrogens with one attached hydrogen (secondary N) is 2. The summed E-state index contributed by atoms with van der Waals surface area (Å²) in [4.78, 5) is 16.6. The zero-order valence-corrected chi connectivity index (χ0v) is 11.5. The van der Waals surface area contributed by atoms with Crippen molar-refractivity contribution in [3.63, 3.8) is 0 Å². The standard InChI is InChI=1S/C14H15N3OS/c1-9-6-12(10-4-2-3-5-11(10)16-9)17-14(18)13-7-19-8-15-13/h2-6,13,15H,7-8H2,1H3,(H,16,17,18). The maximum absolute atomic E-state index is 12.2. The average Bonchev–Trinajstić information content (AvgIpc) is 2.92. The number of benzene rings is 1. The third kappa shape index (κ3) is 2.57. The van der Waals surface area contributed by atoms with Gasteiger partial charge in [0, 0.05) is 22.7 Å². The summed E-state index contributed by atoms with van der Waals surface area (Å²) in [5, 5.41) is 7.17. The Bertz CT molecular complexity index is 623. The summed E-state index contributed by atoms with van der Waals surface area (Å²) < 4.78 is 0. The van der Waals surface area contributed by atoms with Gasteiger partial charge >= 0.3 is 0 Å². The number of thioether (sulfide) groups is 1. The van der Waals surface area contributed by atoms with Crippen molar-refractivity contribution < 1.29 is 4.79 Å². The Morgan fingerprint density at radius 2 is 2.32 bits per heavy atom. The highest BCUT2D eigenvalue weighted by Crippen LogP contribution is 2.23. The van der Waals surface area contributed by atoms with Crippen LogP contribution in [0, 0.1) is 6.92 Å². The first-order valence-corrected chi connectivity index (χ1v) is 7.38. The summed E-state index contributed by atoms with van der Waals surface area (Å²) >= 11 is 1.74. The van der Waals surface area contributed by atoms with Crippen LogP contribution in [0.2, 0.25) is 0 Å². The minimum Gasteiger partial charge on any atom is -0.324 e. The number of carbonyl (C=O) groups is 1. The molecule has 1 aliphatic rings. The van der Waals surface area contributed by atoms with Crippen molar-refractivity contribution in [2.75, 3.05) is 16.9 Å². The molecule has 5 heteroatoms. The fourth-order valence-corrected chi connectivity index (χ4v) is 3.14. The number of hydrogen-bond acceptors (Lipinski definition) is 4. The van der Waals surface area contributed by atoms with Crippen LogP contribution < -0.4 is 10.6 Å². The van der Waals surface area contributed by atoms with Crippen molar-refractivity contribution in [1.82, 2.24) is 10.3 Å². The lowest BCUT2D eigenvalue weighted by atomic mass is 10.1. The molecule has 98 valence electrons. The van der Waals surface area contributed by atoms with E-state index in [1.54, 1.807) is 11.8 Å². The van der Waals surface area contributed by atoms with Crippen molar-refractivity contribution in [1.29, 1.82) is 0 Å². The Kier molecular flexibility index (Phi) is 3.40. The Labute approximate surface area is 116 Å². The summed E-state index contributed by atoms with van der Waals surface area (Å²) in [5.74, 6) is 1.70. The van der Waals surface area contributed by atoms with Gasteiger partial charge in [-0.25, -0.2) is 0 Å². The molecule has 0 spiro atoms. The summed E-state index contributed by atoms with van der Waals surface area (Å²) in [6.45, 7) is 1.94. The molecule has 1 aromatic carbocycles. The highest BCUT2D eigenvalue weighted by molar-refractivity contribution is 7.99. The van der Waals surface area contributed by atoms with Gasteiger partial charge in [-0.3, -0.25) is 15.1 Å². The molecule has 2 heterocycles. The minimum atomic E-state index is -0.0998. The van der Waals surface area contributed by atoms with E-state index in [0.29, 0.717) is 0 Å². The van der Waals surface area contributed by atoms with Crippen LogP contribution in [-0.2, 0) is 4.79 Å². The molecule has 3 rings (SSSR count). The smallest absolute Gasteiger partial charge is 0.242 e. The van der Waals surface area contributed by atoms with E-state index in [9.17, 15) is 4.79 Å². The van der Waals surface area contributed by atoms with E-state index in [1.807, 2.05) is 37.3 Å². The Morgan fingerprint density at radius 1 is 1.47 bits per heavy atom. The molecule has 1 atom stereocenters. The number of nitrogens with zero attached hydrogens (tertiary/aromatic N) is 1. The summed E-state index contributed by atoms with van der Waals surface area (Å²) in [5.41, 5.74) is 2.65. The minimum absolute atomic E-state index is 0.0285. The molecule has 1 amide bonds. The fraction of sp³-hybridized carbons (Fsp3) is 0.286. The van der Waals surface area contributed by atoms with E-state index in [2.05, 4.69) is 15.6 Å². The second-order valence-corrected chi connectivity index (χ2v) is 5.62. The number of amides is 1. The van der Waals surface area contributed by atoms with Gasteiger partial charge < -0.3 is 5.32 Å². The van der Waals surface area contributed by atoms with Gasteiger partial charge in [0.1, 0.15) is 0 Å². The number of anilines is 1.